The Morgan fingerprint density at radius 2 is 2.21 bits per heavy atom. The van der Waals surface area contributed by atoms with Crippen LogP contribution in [0.15, 0.2) is 12.1 Å². The molecule has 1 atom stereocenters. The highest BCUT2D eigenvalue weighted by molar-refractivity contribution is 6.44. The molecular weight excluding hydrogens is 291 g/mol. The maximum Gasteiger partial charge on any atom is 0.253 e. The molecular formula is C10H10Cl2N6O. The zero-order chi connectivity index (χ0) is 14.0. The van der Waals surface area contributed by atoms with E-state index in [1.54, 1.807) is 6.92 Å². The van der Waals surface area contributed by atoms with Gasteiger partial charge in [-0.25, -0.2) is 0 Å². The van der Waals surface area contributed by atoms with Gasteiger partial charge in [0.2, 0.25) is 0 Å². The number of nitrogen functional groups attached to an aromatic ring is 1. The molecule has 9 heteroatoms. The first-order valence-electron chi connectivity index (χ1n) is 5.27. The van der Waals surface area contributed by atoms with E-state index in [4.69, 9.17) is 28.9 Å². The van der Waals surface area contributed by atoms with E-state index in [-0.39, 0.29) is 15.6 Å². The monoisotopic (exact) mass is 300 g/mol. The maximum atomic E-state index is 12.1. The highest BCUT2D eigenvalue weighted by atomic mass is 35.5. The Morgan fingerprint density at radius 3 is 2.84 bits per heavy atom. The van der Waals surface area contributed by atoms with Crippen molar-refractivity contribution in [3.8, 4) is 0 Å². The molecule has 0 aliphatic heterocycles. The molecule has 100 valence electrons. The molecule has 0 aliphatic rings. The van der Waals surface area contributed by atoms with E-state index in [1.165, 1.54) is 12.1 Å². The van der Waals surface area contributed by atoms with Crippen LogP contribution >= 0.6 is 23.2 Å². The van der Waals surface area contributed by atoms with Crippen molar-refractivity contribution >= 4 is 34.8 Å². The van der Waals surface area contributed by atoms with Gasteiger partial charge in [-0.15, -0.1) is 10.2 Å². The minimum atomic E-state index is -0.428. The lowest BCUT2D eigenvalue weighted by atomic mass is 10.1. The third-order valence-electron chi connectivity index (χ3n) is 2.39. The summed E-state index contributed by atoms with van der Waals surface area (Å²) in [6.45, 7) is 1.71. The molecule has 0 radical (unpaired) electrons. The number of nitrogens with one attached hydrogen (secondary N) is 2. The van der Waals surface area contributed by atoms with Gasteiger partial charge in [0.15, 0.2) is 5.82 Å². The van der Waals surface area contributed by atoms with Crippen molar-refractivity contribution in [1.29, 1.82) is 0 Å². The maximum absolute atomic E-state index is 12.1. The number of aromatic amines is 1. The second-order valence-corrected chi connectivity index (χ2v) is 4.61. The molecule has 0 bridgehead atoms. The SMILES string of the molecule is CC(NC(=O)c1cc(N)cc(Cl)c1Cl)c1nn[nH]n1. The van der Waals surface area contributed by atoms with E-state index in [2.05, 4.69) is 25.9 Å². The number of tetrazole rings is 1. The van der Waals surface area contributed by atoms with Crippen LogP contribution in [-0.4, -0.2) is 26.5 Å². The van der Waals surface area contributed by atoms with Gasteiger partial charge in [-0.05, 0) is 19.1 Å². The van der Waals surface area contributed by atoms with E-state index in [0.29, 0.717) is 11.5 Å². The van der Waals surface area contributed by atoms with E-state index < -0.39 is 11.9 Å². The van der Waals surface area contributed by atoms with Crippen LogP contribution in [0, 0.1) is 0 Å². The number of halogens is 2. The van der Waals surface area contributed by atoms with Gasteiger partial charge in [0.25, 0.3) is 5.91 Å². The van der Waals surface area contributed by atoms with Gasteiger partial charge in [0.1, 0.15) is 0 Å². The molecule has 2 aromatic rings. The summed E-state index contributed by atoms with van der Waals surface area (Å²) in [5.74, 6) is -0.0593. The Labute approximate surface area is 118 Å². The third-order valence-corrected chi connectivity index (χ3v) is 3.19. The number of hydrogen-bond acceptors (Lipinski definition) is 5. The third kappa shape index (κ3) is 2.94. The number of benzene rings is 1. The number of hydrogen-bond donors (Lipinski definition) is 3. The summed E-state index contributed by atoms with van der Waals surface area (Å²) in [6.07, 6.45) is 0. The average Bonchev–Trinajstić information content (AvgIpc) is 2.87. The summed E-state index contributed by atoms with van der Waals surface area (Å²) in [5.41, 5.74) is 6.18. The Kier molecular flexibility index (Phi) is 3.87. The van der Waals surface area contributed by atoms with Crippen LogP contribution < -0.4 is 11.1 Å². The molecule has 4 N–H and O–H groups in total. The minimum absolute atomic E-state index is 0.147. The van der Waals surface area contributed by atoms with Gasteiger partial charge in [-0.2, -0.15) is 5.21 Å². The molecule has 0 saturated carbocycles. The second kappa shape index (κ2) is 5.41. The first-order valence-corrected chi connectivity index (χ1v) is 6.03. The zero-order valence-electron chi connectivity index (χ0n) is 9.82. The van der Waals surface area contributed by atoms with Gasteiger partial charge < -0.3 is 11.1 Å². The number of H-pyrrole nitrogens is 1. The van der Waals surface area contributed by atoms with Crippen LogP contribution in [0.5, 0.6) is 0 Å². The molecule has 0 saturated heterocycles. The topological polar surface area (TPSA) is 110 Å². The largest absolute Gasteiger partial charge is 0.399 e. The van der Waals surface area contributed by atoms with E-state index in [0.717, 1.165) is 0 Å². The van der Waals surface area contributed by atoms with Crippen molar-refractivity contribution < 1.29 is 4.79 Å². The molecule has 1 aromatic heterocycles. The second-order valence-electron chi connectivity index (χ2n) is 3.83. The molecule has 7 nitrogen and oxygen atoms in total. The molecule has 19 heavy (non-hydrogen) atoms. The highest BCUT2D eigenvalue weighted by Gasteiger charge is 2.18. The fourth-order valence-electron chi connectivity index (χ4n) is 1.47. The number of carbonyl (C=O) groups excluding carboxylic acids is 1. The predicted octanol–water partition coefficient (Wildman–Crippen LogP) is 1.58. The number of anilines is 1. The molecule has 0 spiro atoms. The van der Waals surface area contributed by atoms with Crippen molar-refractivity contribution in [3.63, 3.8) is 0 Å². The molecule has 2 rings (SSSR count). The first kappa shape index (κ1) is 13.6. The van der Waals surface area contributed by atoms with Crippen LogP contribution in [0.2, 0.25) is 10.0 Å². The lowest BCUT2D eigenvalue weighted by Crippen LogP contribution is -2.27. The Balaban J connectivity index is 2.21. The summed E-state index contributed by atoms with van der Waals surface area (Å²) >= 11 is 11.8. The molecule has 1 unspecified atom stereocenters. The lowest BCUT2D eigenvalue weighted by molar-refractivity contribution is 0.0938. The fraction of sp³-hybridized carbons (Fsp3) is 0.200. The van der Waals surface area contributed by atoms with Crippen LogP contribution in [0.4, 0.5) is 5.69 Å². The average molecular weight is 301 g/mol. The number of aromatic nitrogens is 4. The molecule has 0 fully saturated rings. The highest BCUT2D eigenvalue weighted by Crippen LogP contribution is 2.28. The van der Waals surface area contributed by atoms with Gasteiger partial charge in [-0.1, -0.05) is 28.4 Å². The molecule has 1 amide bonds. The smallest absolute Gasteiger partial charge is 0.253 e. The summed E-state index contributed by atoms with van der Waals surface area (Å²) < 4.78 is 0. The first-order chi connectivity index (χ1) is 8.99. The lowest BCUT2D eigenvalue weighted by Gasteiger charge is -2.12. The Bertz CT molecular complexity index is 600. The normalized spacial score (nSPS) is 12.2. The number of carbonyl (C=O) groups is 1. The van der Waals surface area contributed by atoms with Gasteiger partial charge >= 0.3 is 0 Å². The number of amides is 1. The van der Waals surface area contributed by atoms with Gasteiger partial charge in [-0.3, -0.25) is 4.79 Å². The minimum Gasteiger partial charge on any atom is -0.399 e. The van der Waals surface area contributed by atoms with E-state index in [1.807, 2.05) is 0 Å². The van der Waals surface area contributed by atoms with Crippen molar-refractivity contribution in [2.75, 3.05) is 5.73 Å². The van der Waals surface area contributed by atoms with Crippen molar-refractivity contribution in [3.05, 3.63) is 33.6 Å². The number of nitrogens with zero attached hydrogens (tertiary/aromatic N) is 3. The van der Waals surface area contributed by atoms with Crippen LogP contribution in [0.1, 0.15) is 29.1 Å². The predicted molar refractivity (Wildman–Crippen MR) is 70.9 cm³/mol. The van der Waals surface area contributed by atoms with Gasteiger partial charge in [0.05, 0.1) is 21.7 Å². The summed E-state index contributed by atoms with van der Waals surface area (Å²) in [5, 5.41) is 16.3. The van der Waals surface area contributed by atoms with Crippen LogP contribution in [0.3, 0.4) is 0 Å². The quantitative estimate of drug-likeness (QED) is 0.746. The van der Waals surface area contributed by atoms with Crippen molar-refractivity contribution in [2.24, 2.45) is 0 Å². The number of nitrogens with two attached hydrogens (primary N) is 1. The van der Waals surface area contributed by atoms with E-state index in [9.17, 15) is 4.79 Å². The summed E-state index contributed by atoms with van der Waals surface area (Å²) in [6, 6.07) is 2.50. The van der Waals surface area contributed by atoms with Crippen molar-refractivity contribution in [1.82, 2.24) is 25.9 Å². The van der Waals surface area contributed by atoms with Crippen LogP contribution in [0.25, 0.3) is 0 Å². The van der Waals surface area contributed by atoms with E-state index >= 15 is 0 Å². The number of rotatable bonds is 3. The Hall–Kier alpha value is -1.86. The standard InChI is InChI=1S/C10H10Cl2N6O/c1-4(9-15-17-18-16-9)14-10(19)6-2-5(13)3-7(11)8(6)12/h2-4H,13H2,1H3,(H,14,19)(H,15,16,17,18). The zero-order valence-corrected chi connectivity index (χ0v) is 11.3. The Morgan fingerprint density at radius 1 is 1.47 bits per heavy atom. The molecule has 1 aromatic carbocycles. The molecule has 1 heterocycles. The molecule has 0 aliphatic carbocycles. The van der Waals surface area contributed by atoms with Crippen LogP contribution in [-0.2, 0) is 0 Å². The summed E-state index contributed by atoms with van der Waals surface area (Å²) in [4.78, 5) is 12.1. The van der Waals surface area contributed by atoms with Crippen molar-refractivity contribution in [2.45, 2.75) is 13.0 Å². The van der Waals surface area contributed by atoms with Gasteiger partial charge in [0, 0.05) is 5.69 Å². The fourth-order valence-corrected chi connectivity index (χ4v) is 1.89. The summed E-state index contributed by atoms with van der Waals surface area (Å²) in [7, 11) is 0.